The fraction of sp³-hybridized carbons (Fsp3) is 0.375. The van der Waals surface area contributed by atoms with Crippen molar-refractivity contribution in [1.82, 2.24) is 9.47 Å². The van der Waals surface area contributed by atoms with Gasteiger partial charge in [-0.05, 0) is 25.0 Å². The molecule has 10 heteroatoms. The second-order valence-electron chi connectivity index (χ2n) is 5.87. The number of fused-ring (bicyclic) bond motifs is 1. The normalized spacial score (nSPS) is 18.6. The predicted octanol–water partition coefficient (Wildman–Crippen LogP) is 3.45. The molecule has 0 saturated carbocycles. The molecule has 3 heterocycles. The maximum atomic E-state index is 13.2. The number of rotatable bonds is 2. The van der Waals surface area contributed by atoms with Crippen molar-refractivity contribution in [3.63, 3.8) is 0 Å². The highest BCUT2D eigenvalue weighted by atomic mass is 32.1. The summed E-state index contributed by atoms with van der Waals surface area (Å²) in [5.41, 5.74) is 0.411. The highest BCUT2D eigenvalue weighted by Gasteiger charge is 2.43. The van der Waals surface area contributed by atoms with Crippen molar-refractivity contribution in [3.05, 3.63) is 34.1 Å². The zero-order chi connectivity index (χ0) is 18.3. The first-order valence-corrected chi connectivity index (χ1v) is 8.78. The summed E-state index contributed by atoms with van der Waals surface area (Å²) >= 11 is 1.03. The van der Waals surface area contributed by atoms with Gasteiger partial charge in [0, 0.05) is 25.4 Å². The summed E-state index contributed by atoms with van der Waals surface area (Å²) in [6, 6.07) is 3.79. The number of hydrogen-bond donors (Lipinski definition) is 0. The summed E-state index contributed by atoms with van der Waals surface area (Å²) in [5.74, 6) is -0.225. The first kappa shape index (κ1) is 17.0. The molecule has 1 fully saturated rings. The van der Waals surface area contributed by atoms with E-state index >= 15 is 0 Å². The molecule has 0 atom stereocenters. The monoisotopic (exact) mass is 385 g/mol. The van der Waals surface area contributed by atoms with Gasteiger partial charge in [0.15, 0.2) is 16.3 Å². The van der Waals surface area contributed by atoms with E-state index in [-0.39, 0.29) is 16.3 Å². The molecule has 2 aliphatic rings. The molecule has 0 spiro atoms. The number of urea groups is 1. The fourth-order valence-electron chi connectivity index (χ4n) is 2.86. The Bertz CT molecular complexity index is 919. The zero-order valence-electron chi connectivity index (χ0n) is 13.5. The van der Waals surface area contributed by atoms with E-state index in [1.54, 1.807) is 4.90 Å². The molecule has 1 saturated heterocycles. The lowest BCUT2D eigenvalue weighted by atomic mass is 10.3. The van der Waals surface area contributed by atoms with E-state index in [0.717, 1.165) is 24.2 Å². The van der Waals surface area contributed by atoms with Gasteiger partial charge in [-0.15, -0.1) is 8.78 Å². The summed E-state index contributed by atoms with van der Waals surface area (Å²) in [6.07, 6.45) is -0.380. The third kappa shape index (κ3) is 3.16. The molecule has 2 aromatic rings. The van der Waals surface area contributed by atoms with E-state index in [4.69, 9.17) is 0 Å². The molecule has 1 aromatic carbocycles. The van der Waals surface area contributed by atoms with Crippen LogP contribution in [-0.4, -0.2) is 34.9 Å². The van der Waals surface area contributed by atoms with Crippen LogP contribution in [0.5, 0.6) is 11.5 Å². The van der Waals surface area contributed by atoms with Gasteiger partial charge in [-0.2, -0.15) is 4.99 Å². The first-order valence-electron chi connectivity index (χ1n) is 7.96. The average molecular weight is 385 g/mol. The molecule has 138 valence electrons. The first-order chi connectivity index (χ1) is 12.4. The van der Waals surface area contributed by atoms with Crippen LogP contribution in [0.4, 0.5) is 18.0 Å². The van der Waals surface area contributed by atoms with Crippen LogP contribution < -0.4 is 14.3 Å². The molecule has 0 bridgehead atoms. The minimum Gasteiger partial charge on any atom is -0.395 e. The predicted molar refractivity (Wildman–Crippen MR) is 86.4 cm³/mol. The quantitative estimate of drug-likeness (QED) is 0.796. The van der Waals surface area contributed by atoms with Crippen LogP contribution in [0.3, 0.4) is 0 Å². The molecule has 26 heavy (non-hydrogen) atoms. The molecule has 0 aliphatic carbocycles. The number of hydrogen-bond acceptors (Lipinski definition) is 4. The van der Waals surface area contributed by atoms with Crippen LogP contribution in [0.15, 0.2) is 29.4 Å². The largest absolute Gasteiger partial charge is 0.586 e. The SMILES string of the molecule is O=C(/N=c1\sc(CF)cn1-c1ccc2c(c1)OC(F)(F)O2)N1CCCC1. The molecule has 0 unspecified atom stereocenters. The van der Waals surface area contributed by atoms with Gasteiger partial charge < -0.3 is 14.4 Å². The van der Waals surface area contributed by atoms with Crippen LogP contribution in [0.2, 0.25) is 0 Å². The Hall–Kier alpha value is -2.49. The Kier molecular flexibility index (Phi) is 4.14. The Labute approximate surface area is 150 Å². The van der Waals surface area contributed by atoms with Crippen molar-refractivity contribution < 1.29 is 27.4 Å². The molecule has 0 radical (unpaired) electrons. The minimum absolute atomic E-state index is 0.0908. The topological polar surface area (TPSA) is 56.1 Å². The molecule has 1 aromatic heterocycles. The van der Waals surface area contributed by atoms with Crippen LogP contribution in [-0.2, 0) is 6.67 Å². The van der Waals surface area contributed by atoms with Gasteiger partial charge in [0.25, 0.3) is 0 Å². The molecule has 2 amide bonds. The van der Waals surface area contributed by atoms with E-state index in [0.29, 0.717) is 23.7 Å². The highest BCUT2D eigenvalue weighted by molar-refractivity contribution is 7.09. The van der Waals surface area contributed by atoms with E-state index in [9.17, 15) is 18.0 Å². The average Bonchev–Trinajstić information content (AvgIpc) is 3.30. The van der Waals surface area contributed by atoms with Crippen molar-refractivity contribution in [3.8, 4) is 17.2 Å². The third-order valence-corrected chi connectivity index (χ3v) is 5.01. The standard InChI is InChI=1S/C16H14F3N3O3S/c17-8-11-9-22(15(26-11)20-14(23)21-5-1-2-6-21)10-3-4-12-13(7-10)25-16(18,19)24-12/h3-4,7,9H,1-2,5-6,8H2/b20-15-. The van der Waals surface area contributed by atoms with Gasteiger partial charge in [-0.3, -0.25) is 4.57 Å². The van der Waals surface area contributed by atoms with Gasteiger partial charge in [-0.25, -0.2) is 9.18 Å². The number of amides is 2. The van der Waals surface area contributed by atoms with Crippen LogP contribution in [0.1, 0.15) is 17.7 Å². The van der Waals surface area contributed by atoms with E-state index < -0.39 is 19.0 Å². The number of thiazole rings is 1. The number of alkyl halides is 3. The number of ether oxygens (including phenoxy) is 2. The third-order valence-electron chi connectivity index (χ3n) is 4.06. The highest BCUT2D eigenvalue weighted by Crippen LogP contribution is 2.41. The maximum absolute atomic E-state index is 13.2. The van der Waals surface area contributed by atoms with Gasteiger partial charge in [0.05, 0.1) is 10.6 Å². The van der Waals surface area contributed by atoms with Crippen molar-refractivity contribution in [2.75, 3.05) is 13.1 Å². The molecular weight excluding hydrogens is 371 g/mol. The lowest BCUT2D eigenvalue weighted by Gasteiger charge is -2.10. The molecular formula is C16H14F3N3O3S. The van der Waals surface area contributed by atoms with Crippen molar-refractivity contribution in [2.24, 2.45) is 4.99 Å². The van der Waals surface area contributed by atoms with E-state index in [2.05, 4.69) is 14.5 Å². The zero-order valence-corrected chi connectivity index (χ0v) is 14.3. The van der Waals surface area contributed by atoms with Crippen molar-refractivity contribution >= 4 is 17.4 Å². The summed E-state index contributed by atoms with van der Waals surface area (Å²) in [4.78, 5) is 18.6. The summed E-state index contributed by atoms with van der Waals surface area (Å²) in [5, 5.41) is 0. The summed E-state index contributed by atoms with van der Waals surface area (Å²) in [7, 11) is 0. The Morgan fingerprint density at radius 2 is 1.96 bits per heavy atom. The number of carbonyl (C=O) groups excluding carboxylic acids is 1. The van der Waals surface area contributed by atoms with Crippen LogP contribution in [0, 0.1) is 0 Å². The number of halogens is 3. The second-order valence-corrected chi connectivity index (χ2v) is 6.96. The second kappa shape index (κ2) is 6.35. The molecule has 6 nitrogen and oxygen atoms in total. The molecule has 0 N–H and O–H groups in total. The Balaban J connectivity index is 1.73. The number of benzene rings is 1. The van der Waals surface area contributed by atoms with Crippen molar-refractivity contribution in [1.29, 1.82) is 0 Å². The lowest BCUT2D eigenvalue weighted by molar-refractivity contribution is -0.286. The number of aromatic nitrogens is 1. The van der Waals surface area contributed by atoms with Gasteiger partial charge in [-0.1, -0.05) is 11.3 Å². The van der Waals surface area contributed by atoms with Crippen LogP contribution in [0.25, 0.3) is 5.69 Å². The minimum atomic E-state index is -3.72. The van der Waals surface area contributed by atoms with E-state index in [1.165, 1.54) is 29.0 Å². The fourth-order valence-corrected chi connectivity index (χ4v) is 3.69. The number of likely N-dealkylation sites (tertiary alicyclic amines) is 1. The van der Waals surface area contributed by atoms with Crippen LogP contribution >= 0.6 is 11.3 Å². The van der Waals surface area contributed by atoms with Gasteiger partial charge in [0.1, 0.15) is 6.67 Å². The number of nitrogens with zero attached hydrogens (tertiary/aromatic N) is 3. The molecule has 2 aliphatic heterocycles. The molecule has 4 rings (SSSR count). The lowest BCUT2D eigenvalue weighted by Crippen LogP contribution is -2.27. The summed E-state index contributed by atoms with van der Waals surface area (Å²) < 4.78 is 49.8. The summed E-state index contributed by atoms with van der Waals surface area (Å²) in [6.45, 7) is 0.562. The van der Waals surface area contributed by atoms with Gasteiger partial charge in [0.2, 0.25) is 0 Å². The van der Waals surface area contributed by atoms with Crippen molar-refractivity contribution in [2.45, 2.75) is 25.8 Å². The van der Waals surface area contributed by atoms with E-state index in [1.807, 2.05) is 0 Å². The Morgan fingerprint density at radius 3 is 2.69 bits per heavy atom. The smallest absolute Gasteiger partial charge is 0.395 e. The van der Waals surface area contributed by atoms with Gasteiger partial charge >= 0.3 is 12.3 Å². The number of carbonyl (C=O) groups is 1. The Morgan fingerprint density at radius 1 is 1.23 bits per heavy atom. The maximum Gasteiger partial charge on any atom is 0.586 e.